The molecular formula is C35H59NO5. The van der Waals surface area contributed by atoms with E-state index in [0.717, 1.165) is 64.5 Å². The summed E-state index contributed by atoms with van der Waals surface area (Å²) in [5, 5.41) is 0. The molecule has 5 aliphatic rings. The second kappa shape index (κ2) is 14.2. The van der Waals surface area contributed by atoms with Gasteiger partial charge in [0.25, 0.3) is 0 Å². The first-order chi connectivity index (χ1) is 19.7. The maximum Gasteiger partial charge on any atom is 0.311 e. The maximum absolute atomic E-state index is 12.5. The molecule has 0 spiro atoms. The summed E-state index contributed by atoms with van der Waals surface area (Å²) in [4.78, 5) is 15.1. The van der Waals surface area contributed by atoms with Crippen molar-refractivity contribution in [3.63, 3.8) is 0 Å². The van der Waals surface area contributed by atoms with E-state index in [1.807, 2.05) is 27.9 Å². The third kappa shape index (κ3) is 7.96. The Bertz CT molecular complexity index is 873. The van der Waals surface area contributed by atoms with Crippen molar-refractivity contribution in [2.75, 3.05) is 33.4 Å². The molecule has 0 bridgehead atoms. The smallest absolute Gasteiger partial charge is 0.311 e. The summed E-state index contributed by atoms with van der Waals surface area (Å²) in [6.45, 7) is 12.7. The quantitative estimate of drug-likeness (QED) is 0.228. The Hall–Kier alpha value is -0.950. The van der Waals surface area contributed by atoms with Crippen molar-refractivity contribution in [2.45, 2.75) is 148 Å². The lowest BCUT2D eigenvalue weighted by Gasteiger charge is -2.49. The van der Waals surface area contributed by atoms with E-state index in [1.165, 1.54) is 51.6 Å². The number of carbonyl (C=O) groups excluding carboxylic acids is 1. The average molecular weight is 574 g/mol. The second-order valence-electron chi connectivity index (χ2n) is 14.9. The molecule has 0 N–H and O–H groups in total. The minimum atomic E-state index is -0.440. The van der Waals surface area contributed by atoms with Gasteiger partial charge in [-0.2, -0.15) is 0 Å². The Kier molecular flexibility index (Phi) is 10.9. The van der Waals surface area contributed by atoms with Gasteiger partial charge in [-0.25, -0.2) is 0 Å². The van der Waals surface area contributed by atoms with Crippen LogP contribution in [0.2, 0.25) is 0 Å². The Morgan fingerprint density at radius 1 is 0.878 bits per heavy atom. The molecule has 0 radical (unpaired) electrons. The number of fused-ring (bicyclic) bond motifs is 1. The number of carbonyl (C=O) groups is 1. The Morgan fingerprint density at radius 2 is 1.54 bits per heavy atom. The summed E-state index contributed by atoms with van der Waals surface area (Å²) >= 11 is 0. The zero-order chi connectivity index (χ0) is 29.0. The zero-order valence-electron chi connectivity index (χ0n) is 26.8. The maximum atomic E-state index is 12.5. The fourth-order valence-corrected chi connectivity index (χ4v) is 8.48. The van der Waals surface area contributed by atoms with Gasteiger partial charge in [0.15, 0.2) is 0 Å². The van der Waals surface area contributed by atoms with Gasteiger partial charge in [-0.15, -0.1) is 0 Å². The Balaban J connectivity index is 1.21. The highest BCUT2D eigenvalue weighted by Gasteiger charge is 2.45. The number of ether oxygens (including phenoxy) is 4. The molecule has 6 nitrogen and oxygen atoms in total. The molecule has 6 heteroatoms. The standard InChI is InChI=1S/C35H59NO5/c1-24-30-18-17-29(38-5)23-31(30)41-33(32(24)25-9-15-28(16-10-25)40-34(37)35(2,3)4)26-11-13-27(14-12-26)39-22-21-36-19-7-6-8-20-36/h25-31,33H,6-23H2,1-5H3. The summed E-state index contributed by atoms with van der Waals surface area (Å²) in [7, 11) is 1.86. The van der Waals surface area contributed by atoms with Gasteiger partial charge in [0.1, 0.15) is 6.10 Å². The molecule has 1 saturated heterocycles. The summed E-state index contributed by atoms with van der Waals surface area (Å²) in [6.07, 6.45) is 17.5. The SMILES string of the molecule is COC1CCC2C(C)=C(C3CCC(OC(=O)C(C)(C)C)CC3)C(C3CCC(OCCN4CCCCC4)CC3)OC2C1. The van der Waals surface area contributed by atoms with Crippen LogP contribution < -0.4 is 0 Å². The van der Waals surface area contributed by atoms with E-state index >= 15 is 0 Å². The molecule has 2 aliphatic heterocycles. The summed E-state index contributed by atoms with van der Waals surface area (Å²) in [6, 6.07) is 0. The van der Waals surface area contributed by atoms with E-state index in [0.29, 0.717) is 30.0 Å². The number of piperidine rings is 1. The number of rotatable bonds is 8. The van der Waals surface area contributed by atoms with Crippen molar-refractivity contribution in [3.05, 3.63) is 11.1 Å². The molecule has 4 unspecified atom stereocenters. The summed E-state index contributed by atoms with van der Waals surface area (Å²) < 4.78 is 25.3. The van der Waals surface area contributed by atoms with Gasteiger partial charge in [0.05, 0.1) is 36.4 Å². The first-order valence-corrected chi connectivity index (χ1v) is 17.2. The summed E-state index contributed by atoms with van der Waals surface area (Å²) in [5.41, 5.74) is 2.80. The normalized spacial score (nSPS) is 37.5. The van der Waals surface area contributed by atoms with Gasteiger partial charge >= 0.3 is 5.97 Å². The molecular weight excluding hydrogens is 514 g/mol. The van der Waals surface area contributed by atoms with Crippen molar-refractivity contribution in [1.29, 1.82) is 0 Å². The van der Waals surface area contributed by atoms with Crippen LogP contribution in [-0.4, -0.2) is 74.7 Å². The molecule has 0 aromatic rings. The van der Waals surface area contributed by atoms with Gasteiger partial charge in [0.2, 0.25) is 0 Å². The van der Waals surface area contributed by atoms with Gasteiger partial charge < -0.3 is 23.8 Å². The predicted octanol–water partition coefficient (Wildman–Crippen LogP) is 7.09. The van der Waals surface area contributed by atoms with Crippen LogP contribution in [-0.2, 0) is 23.7 Å². The second-order valence-corrected chi connectivity index (χ2v) is 14.9. The van der Waals surface area contributed by atoms with Gasteiger partial charge in [-0.1, -0.05) is 12.0 Å². The molecule has 4 fully saturated rings. The largest absolute Gasteiger partial charge is 0.462 e. The fraction of sp³-hybridized carbons (Fsp3) is 0.914. The highest BCUT2D eigenvalue weighted by atomic mass is 16.5. The molecule has 5 rings (SSSR count). The van der Waals surface area contributed by atoms with Gasteiger partial charge in [-0.3, -0.25) is 4.79 Å². The van der Waals surface area contributed by atoms with E-state index in [-0.39, 0.29) is 24.3 Å². The molecule has 3 aliphatic carbocycles. The molecule has 3 saturated carbocycles. The third-order valence-corrected chi connectivity index (χ3v) is 11.1. The first-order valence-electron chi connectivity index (χ1n) is 17.2. The molecule has 4 atom stereocenters. The van der Waals surface area contributed by atoms with Crippen LogP contribution in [0.25, 0.3) is 0 Å². The van der Waals surface area contributed by atoms with E-state index in [1.54, 1.807) is 11.1 Å². The lowest BCUT2D eigenvalue weighted by Crippen LogP contribution is -2.47. The van der Waals surface area contributed by atoms with Gasteiger partial charge in [-0.05, 0) is 135 Å². The third-order valence-electron chi connectivity index (χ3n) is 11.1. The average Bonchev–Trinajstić information content (AvgIpc) is 2.98. The molecule has 41 heavy (non-hydrogen) atoms. The first kappa shape index (κ1) is 31.5. The van der Waals surface area contributed by atoms with Gasteiger partial charge in [0, 0.05) is 26.0 Å². The number of nitrogens with zero attached hydrogens (tertiary/aromatic N) is 1. The van der Waals surface area contributed by atoms with E-state index in [4.69, 9.17) is 18.9 Å². The lowest BCUT2D eigenvalue weighted by atomic mass is 9.67. The monoisotopic (exact) mass is 573 g/mol. The van der Waals surface area contributed by atoms with Crippen LogP contribution in [0.4, 0.5) is 0 Å². The van der Waals surface area contributed by atoms with Crippen molar-refractivity contribution in [1.82, 2.24) is 4.90 Å². The molecule has 0 amide bonds. The number of hydrogen-bond acceptors (Lipinski definition) is 6. The lowest BCUT2D eigenvalue weighted by molar-refractivity contribution is -0.160. The Labute approximate surface area is 250 Å². The fourth-order valence-electron chi connectivity index (χ4n) is 8.48. The number of esters is 1. The minimum absolute atomic E-state index is 0.0595. The van der Waals surface area contributed by atoms with Crippen molar-refractivity contribution in [3.8, 4) is 0 Å². The van der Waals surface area contributed by atoms with Crippen molar-refractivity contribution >= 4 is 5.97 Å². The molecule has 2 heterocycles. The highest BCUT2D eigenvalue weighted by molar-refractivity contribution is 5.75. The predicted molar refractivity (Wildman–Crippen MR) is 163 cm³/mol. The van der Waals surface area contributed by atoms with E-state index in [9.17, 15) is 4.79 Å². The van der Waals surface area contributed by atoms with Crippen LogP contribution in [0.3, 0.4) is 0 Å². The van der Waals surface area contributed by atoms with Crippen LogP contribution in [0.15, 0.2) is 11.1 Å². The topological polar surface area (TPSA) is 57.2 Å². The minimum Gasteiger partial charge on any atom is -0.462 e. The number of hydrogen-bond donors (Lipinski definition) is 0. The summed E-state index contributed by atoms with van der Waals surface area (Å²) in [5.74, 6) is 1.58. The van der Waals surface area contributed by atoms with Crippen LogP contribution in [0.1, 0.15) is 118 Å². The zero-order valence-corrected chi connectivity index (χ0v) is 26.8. The van der Waals surface area contributed by atoms with Crippen LogP contribution in [0.5, 0.6) is 0 Å². The van der Waals surface area contributed by atoms with Crippen LogP contribution in [0, 0.1) is 23.2 Å². The molecule has 234 valence electrons. The highest BCUT2D eigenvalue weighted by Crippen LogP contribution is 2.49. The Morgan fingerprint density at radius 3 is 2.20 bits per heavy atom. The van der Waals surface area contributed by atoms with Crippen LogP contribution >= 0.6 is 0 Å². The van der Waals surface area contributed by atoms with Crippen molar-refractivity contribution < 1.29 is 23.7 Å². The number of likely N-dealkylation sites (tertiary alicyclic amines) is 1. The van der Waals surface area contributed by atoms with E-state index in [2.05, 4.69) is 11.8 Å². The molecule has 0 aromatic heterocycles. The number of methoxy groups -OCH3 is 1. The van der Waals surface area contributed by atoms with Crippen molar-refractivity contribution in [2.24, 2.45) is 23.2 Å². The molecule has 0 aromatic carbocycles. The van der Waals surface area contributed by atoms with E-state index < -0.39 is 5.41 Å².